The van der Waals surface area contributed by atoms with Gasteiger partial charge in [-0.3, -0.25) is 4.99 Å². The average Bonchev–Trinajstić information content (AvgIpc) is 3.20. The zero-order chi connectivity index (χ0) is 22.4. The molecule has 4 rings (SSSR count). The molecule has 0 radical (unpaired) electrons. The molecule has 0 N–H and O–H groups in total. The molecule has 2 aromatic carbocycles. The molecule has 2 aliphatic heterocycles. The molecule has 0 saturated carbocycles. The number of hydrogen-bond donors (Lipinski definition) is 0. The van der Waals surface area contributed by atoms with Gasteiger partial charge in [-0.05, 0) is 51.0 Å². The summed E-state index contributed by atoms with van der Waals surface area (Å²) in [5.41, 5.74) is 1.75. The Morgan fingerprint density at radius 1 is 1.19 bits per heavy atom. The van der Waals surface area contributed by atoms with Gasteiger partial charge in [0.25, 0.3) is 0 Å². The summed E-state index contributed by atoms with van der Waals surface area (Å²) in [4.78, 5) is 31.7. The van der Waals surface area contributed by atoms with Crippen molar-refractivity contribution in [3.8, 4) is 0 Å². The van der Waals surface area contributed by atoms with Gasteiger partial charge in [-0.2, -0.15) is 0 Å². The summed E-state index contributed by atoms with van der Waals surface area (Å²) in [5.74, 6) is -0.515. The molecular formula is C25H27FN2O3. The van der Waals surface area contributed by atoms with E-state index in [4.69, 9.17) is 9.73 Å². The minimum Gasteiger partial charge on any atom is -0.444 e. The van der Waals surface area contributed by atoms with Crippen LogP contribution in [-0.4, -0.2) is 41.2 Å². The van der Waals surface area contributed by atoms with Gasteiger partial charge in [0.05, 0.1) is 16.8 Å². The van der Waals surface area contributed by atoms with Crippen LogP contribution in [-0.2, 0) is 14.9 Å². The summed E-state index contributed by atoms with van der Waals surface area (Å²) in [7, 11) is 0. The van der Waals surface area contributed by atoms with Crippen molar-refractivity contribution in [3.05, 3.63) is 65.5 Å². The SMILES string of the molecule is CC(=O)CC1CN(C(=O)OC(C)(C)C)CC12C(c1ccccc1)=Nc1cc(F)ccc12. The van der Waals surface area contributed by atoms with Crippen molar-refractivity contribution in [2.24, 2.45) is 10.9 Å². The van der Waals surface area contributed by atoms with Gasteiger partial charge in [0, 0.05) is 25.4 Å². The van der Waals surface area contributed by atoms with Crippen LogP contribution in [0.4, 0.5) is 14.9 Å². The number of Topliss-reactive ketones (excluding diaryl/α,β-unsaturated/α-hetero) is 1. The summed E-state index contributed by atoms with van der Waals surface area (Å²) in [6.45, 7) is 7.74. The lowest BCUT2D eigenvalue weighted by molar-refractivity contribution is -0.118. The Morgan fingerprint density at radius 2 is 1.90 bits per heavy atom. The van der Waals surface area contributed by atoms with Crippen LogP contribution in [0.2, 0.25) is 0 Å². The Labute approximate surface area is 181 Å². The number of fused-ring (bicyclic) bond motifs is 2. The fraction of sp³-hybridized carbons (Fsp3) is 0.400. The molecular weight excluding hydrogens is 395 g/mol. The standard InChI is InChI=1S/C25H27FN2O3/c1-16(29)12-18-14-28(23(30)31-24(2,3)4)15-25(18)20-11-10-19(26)13-21(20)27-22(25)17-8-6-5-7-9-17/h5-11,13,18H,12,14-15H2,1-4H3. The minimum atomic E-state index is -0.701. The number of amides is 1. The Bertz CT molecular complexity index is 1060. The Kier molecular flexibility index (Phi) is 5.20. The molecule has 2 aliphatic rings. The molecule has 1 saturated heterocycles. The largest absolute Gasteiger partial charge is 0.444 e. The minimum absolute atomic E-state index is 0.0402. The highest BCUT2D eigenvalue weighted by molar-refractivity contribution is 6.14. The molecule has 0 bridgehead atoms. The monoisotopic (exact) mass is 422 g/mol. The lowest BCUT2D eigenvalue weighted by Crippen LogP contribution is -2.43. The van der Waals surface area contributed by atoms with E-state index in [1.807, 2.05) is 51.1 Å². The first kappa shape index (κ1) is 21.2. The molecule has 162 valence electrons. The predicted molar refractivity (Wildman–Crippen MR) is 117 cm³/mol. The van der Waals surface area contributed by atoms with Gasteiger partial charge in [-0.25, -0.2) is 9.18 Å². The number of ether oxygens (including phenoxy) is 1. The van der Waals surface area contributed by atoms with E-state index in [-0.39, 0.29) is 17.5 Å². The lowest BCUT2D eigenvalue weighted by Gasteiger charge is -2.33. The van der Waals surface area contributed by atoms with Gasteiger partial charge >= 0.3 is 6.09 Å². The highest BCUT2D eigenvalue weighted by atomic mass is 19.1. The van der Waals surface area contributed by atoms with Gasteiger partial charge in [-0.15, -0.1) is 0 Å². The normalized spacial score (nSPS) is 22.4. The molecule has 5 nitrogen and oxygen atoms in total. The maximum absolute atomic E-state index is 14.1. The first-order valence-electron chi connectivity index (χ1n) is 10.5. The number of carbonyl (C=O) groups is 2. The van der Waals surface area contributed by atoms with Crippen LogP contribution in [0.3, 0.4) is 0 Å². The van der Waals surface area contributed by atoms with Gasteiger partial charge in [0.1, 0.15) is 17.2 Å². The van der Waals surface area contributed by atoms with E-state index in [2.05, 4.69) is 0 Å². The van der Waals surface area contributed by atoms with Crippen LogP contribution < -0.4 is 0 Å². The average molecular weight is 423 g/mol. The van der Waals surface area contributed by atoms with Crippen molar-refractivity contribution in [1.82, 2.24) is 4.90 Å². The highest BCUT2D eigenvalue weighted by Crippen LogP contribution is 2.52. The van der Waals surface area contributed by atoms with Crippen LogP contribution in [0.25, 0.3) is 0 Å². The van der Waals surface area contributed by atoms with E-state index in [0.29, 0.717) is 25.2 Å². The van der Waals surface area contributed by atoms with E-state index < -0.39 is 17.1 Å². The molecule has 2 aromatic rings. The van der Waals surface area contributed by atoms with E-state index >= 15 is 0 Å². The molecule has 0 aliphatic carbocycles. The Balaban J connectivity index is 1.85. The van der Waals surface area contributed by atoms with Gasteiger partial charge in [0.2, 0.25) is 0 Å². The van der Waals surface area contributed by atoms with Crippen molar-refractivity contribution in [3.63, 3.8) is 0 Å². The number of benzene rings is 2. The smallest absolute Gasteiger partial charge is 0.410 e. The van der Waals surface area contributed by atoms with Crippen molar-refractivity contribution < 1.29 is 18.7 Å². The molecule has 6 heteroatoms. The second-order valence-corrected chi connectivity index (χ2v) is 9.42. The van der Waals surface area contributed by atoms with Crippen molar-refractivity contribution in [2.75, 3.05) is 13.1 Å². The number of carbonyl (C=O) groups excluding carboxylic acids is 2. The topological polar surface area (TPSA) is 59.0 Å². The van der Waals surface area contributed by atoms with Crippen LogP contribution in [0.5, 0.6) is 0 Å². The second-order valence-electron chi connectivity index (χ2n) is 9.42. The molecule has 1 spiro atoms. The Hall–Kier alpha value is -3.02. The number of aliphatic imine (C=N–C) groups is 1. The third-order valence-electron chi connectivity index (χ3n) is 5.91. The summed E-state index contributed by atoms with van der Waals surface area (Å²) < 4.78 is 19.7. The number of likely N-dealkylation sites (tertiary alicyclic amines) is 1. The summed E-state index contributed by atoms with van der Waals surface area (Å²) >= 11 is 0. The summed E-state index contributed by atoms with van der Waals surface area (Å²) in [5, 5.41) is 0. The summed E-state index contributed by atoms with van der Waals surface area (Å²) in [6, 6.07) is 14.3. The van der Waals surface area contributed by atoms with Crippen molar-refractivity contribution in [1.29, 1.82) is 0 Å². The zero-order valence-corrected chi connectivity index (χ0v) is 18.3. The first-order valence-corrected chi connectivity index (χ1v) is 10.5. The molecule has 0 aromatic heterocycles. The molecule has 2 heterocycles. The quantitative estimate of drug-likeness (QED) is 0.696. The maximum Gasteiger partial charge on any atom is 0.410 e. The number of ketones is 1. The predicted octanol–water partition coefficient (Wildman–Crippen LogP) is 5.04. The van der Waals surface area contributed by atoms with E-state index in [0.717, 1.165) is 16.8 Å². The van der Waals surface area contributed by atoms with E-state index in [1.165, 1.54) is 12.1 Å². The maximum atomic E-state index is 14.1. The number of rotatable bonds is 3. The third kappa shape index (κ3) is 3.87. The number of halogens is 1. The molecule has 2 unspecified atom stereocenters. The van der Waals surface area contributed by atoms with Gasteiger partial charge < -0.3 is 14.4 Å². The van der Waals surface area contributed by atoms with Gasteiger partial charge in [0.15, 0.2) is 0 Å². The second kappa shape index (κ2) is 7.59. The highest BCUT2D eigenvalue weighted by Gasteiger charge is 2.56. The van der Waals surface area contributed by atoms with Crippen molar-refractivity contribution >= 4 is 23.3 Å². The first-order chi connectivity index (χ1) is 14.6. The number of nitrogens with zero attached hydrogens (tertiary/aromatic N) is 2. The fourth-order valence-corrected chi connectivity index (χ4v) is 4.78. The van der Waals surface area contributed by atoms with Crippen LogP contribution >= 0.6 is 0 Å². The molecule has 1 fully saturated rings. The van der Waals surface area contributed by atoms with Gasteiger partial charge in [-0.1, -0.05) is 36.4 Å². The molecule has 1 amide bonds. The zero-order valence-electron chi connectivity index (χ0n) is 18.3. The number of hydrogen-bond acceptors (Lipinski definition) is 4. The van der Waals surface area contributed by atoms with Crippen LogP contribution in [0, 0.1) is 11.7 Å². The van der Waals surface area contributed by atoms with E-state index in [9.17, 15) is 14.0 Å². The lowest BCUT2D eigenvalue weighted by atomic mass is 9.67. The molecule has 2 atom stereocenters. The van der Waals surface area contributed by atoms with Crippen LogP contribution in [0.1, 0.15) is 45.2 Å². The fourth-order valence-electron chi connectivity index (χ4n) is 4.78. The summed E-state index contributed by atoms with van der Waals surface area (Å²) in [6.07, 6.45) is -0.122. The van der Waals surface area contributed by atoms with Crippen LogP contribution in [0.15, 0.2) is 53.5 Å². The Morgan fingerprint density at radius 3 is 2.55 bits per heavy atom. The third-order valence-corrected chi connectivity index (χ3v) is 5.91. The molecule has 31 heavy (non-hydrogen) atoms. The van der Waals surface area contributed by atoms with E-state index in [1.54, 1.807) is 17.9 Å². The van der Waals surface area contributed by atoms with Crippen molar-refractivity contribution in [2.45, 2.75) is 45.1 Å².